The topological polar surface area (TPSA) is 42.0 Å². The maximum Gasteiger partial charge on any atom is 0.387 e. The highest BCUT2D eigenvalue weighted by Crippen LogP contribution is 2.30. The molecule has 30 heavy (non-hydrogen) atoms. The van der Waals surface area contributed by atoms with E-state index < -0.39 is 6.61 Å². The third kappa shape index (κ3) is 6.42. The van der Waals surface area contributed by atoms with Gasteiger partial charge in [0.1, 0.15) is 0 Å². The van der Waals surface area contributed by atoms with Crippen molar-refractivity contribution < 1.29 is 23.0 Å². The Morgan fingerprint density at radius 3 is 2.17 bits per heavy atom. The van der Waals surface area contributed by atoms with Gasteiger partial charge in [-0.2, -0.15) is 8.78 Å². The summed E-state index contributed by atoms with van der Waals surface area (Å²) in [7, 11) is 3.08. The number of nitrogens with zero attached hydrogens (tertiary/aromatic N) is 2. The van der Waals surface area contributed by atoms with Gasteiger partial charge in [-0.1, -0.05) is 25.1 Å². The van der Waals surface area contributed by atoms with Gasteiger partial charge in [0, 0.05) is 31.7 Å². The van der Waals surface area contributed by atoms with Gasteiger partial charge in [-0.25, -0.2) is 0 Å². The zero-order valence-corrected chi connectivity index (χ0v) is 18.2. The molecule has 0 fully saturated rings. The lowest BCUT2D eigenvalue weighted by Gasteiger charge is -2.25. The van der Waals surface area contributed by atoms with E-state index >= 15 is 0 Å². The highest BCUT2D eigenvalue weighted by molar-refractivity contribution is 5.94. The minimum Gasteiger partial charge on any atom is -0.493 e. The molecule has 1 amide bonds. The Morgan fingerprint density at radius 2 is 1.63 bits per heavy atom. The summed E-state index contributed by atoms with van der Waals surface area (Å²) in [6.45, 7) is 5.64. The normalized spacial score (nSPS) is 11.3. The lowest BCUT2D eigenvalue weighted by Crippen LogP contribution is -2.30. The molecule has 164 valence electrons. The Labute approximate surface area is 177 Å². The van der Waals surface area contributed by atoms with Crippen LogP contribution in [0.25, 0.3) is 0 Å². The number of carbonyl (C=O) groups is 1. The van der Waals surface area contributed by atoms with Crippen LogP contribution in [0.1, 0.15) is 42.3 Å². The maximum absolute atomic E-state index is 12.8. The van der Waals surface area contributed by atoms with Gasteiger partial charge in [0.05, 0.1) is 7.11 Å². The quantitative estimate of drug-likeness (QED) is 0.554. The lowest BCUT2D eigenvalue weighted by molar-refractivity contribution is -0.0512. The third-order valence-electron chi connectivity index (χ3n) is 4.93. The van der Waals surface area contributed by atoms with E-state index in [1.807, 2.05) is 24.3 Å². The first-order valence-corrected chi connectivity index (χ1v) is 9.95. The molecule has 0 aliphatic heterocycles. The standard InChI is InChI=1S/C23H30F2N2O3/c1-6-27(16(2)3)15-17-7-10-19(11-8-17)22(28)26(4)14-18-9-12-20(30-23(24)25)21(13-18)29-5/h7-13,16,23H,6,14-15H2,1-5H3. The second-order valence-corrected chi connectivity index (χ2v) is 7.38. The van der Waals surface area contributed by atoms with Crippen molar-refractivity contribution in [2.45, 2.75) is 46.5 Å². The molecule has 2 rings (SSSR count). The Morgan fingerprint density at radius 1 is 1.00 bits per heavy atom. The summed E-state index contributed by atoms with van der Waals surface area (Å²) in [6.07, 6.45) is 0. The minimum atomic E-state index is -2.93. The van der Waals surface area contributed by atoms with Crippen molar-refractivity contribution in [1.29, 1.82) is 0 Å². The van der Waals surface area contributed by atoms with Crippen molar-refractivity contribution in [2.24, 2.45) is 0 Å². The Balaban J connectivity index is 2.05. The summed E-state index contributed by atoms with van der Waals surface area (Å²) in [5, 5.41) is 0. The van der Waals surface area contributed by atoms with Crippen LogP contribution in [0, 0.1) is 0 Å². The molecule has 0 heterocycles. The first kappa shape index (κ1) is 23.6. The van der Waals surface area contributed by atoms with Gasteiger partial charge >= 0.3 is 6.61 Å². The zero-order valence-electron chi connectivity index (χ0n) is 18.2. The molecule has 0 bridgehead atoms. The average molecular weight is 421 g/mol. The molecule has 0 unspecified atom stereocenters. The fourth-order valence-electron chi connectivity index (χ4n) is 3.22. The Hall–Kier alpha value is -2.67. The molecule has 0 aliphatic rings. The van der Waals surface area contributed by atoms with Gasteiger partial charge in [0.25, 0.3) is 5.91 Å². The van der Waals surface area contributed by atoms with Gasteiger partial charge in [-0.3, -0.25) is 9.69 Å². The second kappa shape index (κ2) is 10.9. The van der Waals surface area contributed by atoms with E-state index in [0.29, 0.717) is 18.2 Å². The first-order valence-electron chi connectivity index (χ1n) is 9.95. The molecule has 0 aliphatic carbocycles. The van der Waals surface area contributed by atoms with E-state index in [1.54, 1.807) is 24.1 Å². The Kier molecular flexibility index (Phi) is 8.59. The molecule has 2 aromatic carbocycles. The largest absolute Gasteiger partial charge is 0.493 e. The monoisotopic (exact) mass is 420 g/mol. The van der Waals surface area contributed by atoms with Crippen LogP contribution in [0.15, 0.2) is 42.5 Å². The minimum absolute atomic E-state index is 0.0386. The summed E-state index contributed by atoms with van der Waals surface area (Å²) >= 11 is 0. The fourth-order valence-corrected chi connectivity index (χ4v) is 3.22. The summed E-state index contributed by atoms with van der Waals surface area (Å²) in [6, 6.07) is 12.7. The predicted molar refractivity (Wildman–Crippen MR) is 113 cm³/mol. The van der Waals surface area contributed by atoms with E-state index in [1.165, 1.54) is 13.2 Å². The molecule has 0 saturated heterocycles. The smallest absolute Gasteiger partial charge is 0.387 e. The van der Waals surface area contributed by atoms with Crippen molar-refractivity contribution in [3.63, 3.8) is 0 Å². The highest BCUT2D eigenvalue weighted by atomic mass is 19.3. The number of carbonyl (C=O) groups excluding carboxylic acids is 1. The van der Waals surface area contributed by atoms with E-state index in [9.17, 15) is 13.6 Å². The SMILES string of the molecule is CCN(Cc1ccc(C(=O)N(C)Cc2ccc(OC(F)F)c(OC)c2)cc1)C(C)C. The summed E-state index contributed by atoms with van der Waals surface area (Å²) < 4.78 is 34.5. The number of methoxy groups -OCH3 is 1. The van der Waals surface area contributed by atoms with Crippen LogP contribution in [0.4, 0.5) is 8.78 Å². The maximum atomic E-state index is 12.8. The van der Waals surface area contributed by atoms with Crippen molar-refractivity contribution in [2.75, 3.05) is 20.7 Å². The van der Waals surface area contributed by atoms with E-state index in [-0.39, 0.29) is 17.4 Å². The van der Waals surface area contributed by atoms with Crippen LogP contribution < -0.4 is 9.47 Å². The Bertz CT molecular complexity index is 826. The lowest BCUT2D eigenvalue weighted by atomic mass is 10.1. The number of halogens is 2. The molecule has 0 N–H and O–H groups in total. The zero-order chi connectivity index (χ0) is 22.3. The van der Waals surface area contributed by atoms with Crippen LogP contribution in [0.5, 0.6) is 11.5 Å². The van der Waals surface area contributed by atoms with Gasteiger partial charge in [-0.15, -0.1) is 0 Å². The molecule has 0 aromatic heterocycles. The van der Waals surface area contributed by atoms with Gasteiger partial charge in [-0.05, 0) is 55.8 Å². The fraction of sp³-hybridized carbons (Fsp3) is 0.435. The number of hydrogen-bond donors (Lipinski definition) is 0. The van der Waals surface area contributed by atoms with Gasteiger partial charge in [0.15, 0.2) is 11.5 Å². The van der Waals surface area contributed by atoms with Crippen molar-refractivity contribution in [3.8, 4) is 11.5 Å². The molecular weight excluding hydrogens is 390 g/mol. The first-order chi connectivity index (χ1) is 14.2. The van der Waals surface area contributed by atoms with E-state index in [2.05, 4.69) is 30.4 Å². The van der Waals surface area contributed by atoms with Crippen molar-refractivity contribution in [3.05, 3.63) is 59.2 Å². The molecule has 0 saturated carbocycles. The van der Waals surface area contributed by atoms with Crippen LogP contribution in [0.2, 0.25) is 0 Å². The van der Waals surface area contributed by atoms with Crippen LogP contribution in [-0.2, 0) is 13.1 Å². The summed E-state index contributed by atoms with van der Waals surface area (Å²) in [4.78, 5) is 16.7. The molecule has 5 nitrogen and oxygen atoms in total. The number of amides is 1. The number of hydrogen-bond acceptors (Lipinski definition) is 4. The number of benzene rings is 2. The number of ether oxygens (including phenoxy) is 2. The summed E-state index contributed by atoms with van der Waals surface area (Å²) in [5.74, 6) is 0.0385. The highest BCUT2D eigenvalue weighted by Gasteiger charge is 2.16. The molecule has 0 radical (unpaired) electrons. The molecule has 7 heteroatoms. The molecule has 2 aromatic rings. The molecule has 0 spiro atoms. The van der Waals surface area contributed by atoms with Gasteiger partial charge in [0.2, 0.25) is 0 Å². The third-order valence-corrected chi connectivity index (χ3v) is 4.93. The molecular formula is C23H30F2N2O3. The van der Waals surface area contributed by atoms with Crippen molar-refractivity contribution in [1.82, 2.24) is 9.80 Å². The molecule has 0 atom stereocenters. The summed E-state index contributed by atoms with van der Waals surface area (Å²) in [5.41, 5.74) is 2.50. The van der Waals surface area contributed by atoms with E-state index in [0.717, 1.165) is 24.2 Å². The van der Waals surface area contributed by atoms with Crippen LogP contribution in [-0.4, -0.2) is 49.1 Å². The van der Waals surface area contributed by atoms with Crippen molar-refractivity contribution >= 4 is 5.91 Å². The van der Waals surface area contributed by atoms with Crippen LogP contribution >= 0.6 is 0 Å². The van der Waals surface area contributed by atoms with Gasteiger partial charge < -0.3 is 14.4 Å². The predicted octanol–water partition coefficient (Wildman–Crippen LogP) is 4.80. The number of alkyl halides is 2. The van der Waals surface area contributed by atoms with Crippen LogP contribution in [0.3, 0.4) is 0 Å². The average Bonchev–Trinajstić information content (AvgIpc) is 2.72. The second-order valence-electron chi connectivity index (χ2n) is 7.38. The number of rotatable bonds is 10. The van der Waals surface area contributed by atoms with E-state index in [4.69, 9.17) is 4.74 Å².